The van der Waals surface area contributed by atoms with Crippen molar-refractivity contribution in [2.75, 3.05) is 33.0 Å². The minimum Gasteiger partial charge on any atom is -0.314 e. The van der Waals surface area contributed by atoms with Gasteiger partial charge in [0.2, 0.25) is 6.41 Å². The summed E-state index contributed by atoms with van der Waals surface area (Å²) in [6.07, 6.45) is -0.0397. The predicted octanol–water partition coefficient (Wildman–Crippen LogP) is -0.821. The SMILES string of the molecule is C1CN(C2OCO2)CCN1. The van der Waals surface area contributed by atoms with Crippen LogP contribution in [-0.2, 0) is 9.47 Å². The Balaban J connectivity index is 1.78. The molecule has 4 heteroatoms. The number of rotatable bonds is 1. The summed E-state index contributed by atoms with van der Waals surface area (Å²) in [6.45, 7) is 4.62. The standard InChI is InChI=1S/C6H12N2O2/c1-3-8(4-2-7-1)6-9-5-10-6/h6-7H,1-5H2. The fraction of sp³-hybridized carbons (Fsp3) is 1.00. The summed E-state index contributed by atoms with van der Waals surface area (Å²) in [5.41, 5.74) is 0. The Bertz CT molecular complexity index is 110. The molecule has 58 valence electrons. The maximum absolute atomic E-state index is 5.15. The third kappa shape index (κ3) is 1.15. The van der Waals surface area contributed by atoms with Crippen molar-refractivity contribution in [1.82, 2.24) is 10.2 Å². The summed E-state index contributed by atoms with van der Waals surface area (Å²) >= 11 is 0. The van der Waals surface area contributed by atoms with Gasteiger partial charge in [0.1, 0.15) is 0 Å². The van der Waals surface area contributed by atoms with Gasteiger partial charge in [-0.15, -0.1) is 0 Å². The summed E-state index contributed by atoms with van der Waals surface area (Å²) in [4.78, 5) is 2.19. The zero-order valence-corrected chi connectivity index (χ0v) is 5.88. The zero-order valence-electron chi connectivity index (χ0n) is 5.88. The van der Waals surface area contributed by atoms with E-state index in [-0.39, 0.29) is 6.41 Å². The molecule has 0 aromatic heterocycles. The van der Waals surface area contributed by atoms with Gasteiger partial charge in [0.25, 0.3) is 0 Å². The van der Waals surface area contributed by atoms with Crippen LogP contribution in [0.15, 0.2) is 0 Å². The van der Waals surface area contributed by atoms with E-state index in [1.165, 1.54) is 0 Å². The average molecular weight is 144 g/mol. The van der Waals surface area contributed by atoms with Gasteiger partial charge >= 0.3 is 0 Å². The van der Waals surface area contributed by atoms with Crippen molar-refractivity contribution in [3.05, 3.63) is 0 Å². The van der Waals surface area contributed by atoms with Gasteiger partial charge in [0.05, 0.1) is 0 Å². The molecule has 0 bridgehead atoms. The van der Waals surface area contributed by atoms with Gasteiger partial charge in [-0.3, -0.25) is 4.90 Å². The molecule has 0 saturated carbocycles. The molecule has 2 heterocycles. The number of hydrogen-bond donors (Lipinski definition) is 1. The lowest BCUT2D eigenvalue weighted by molar-refractivity contribution is -0.376. The summed E-state index contributed by atoms with van der Waals surface area (Å²) in [6, 6.07) is 0. The number of nitrogens with one attached hydrogen (secondary N) is 1. The zero-order chi connectivity index (χ0) is 6.81. The van der Waals surface area contributed by atoms with E-state index in [4.69, 9.17) is 9.47 Å². The van der Waals surface area contributed by atoms with Crippen molar-refractivity contribution in [3.8, 4) is 0 Å². The van der Waals surface area contributed by atoms with E-state index in [1.54, 1.807) is 0 Å². The highest BCUT2D eigenvalue weighted by Gasteiger charge is 2.27. The van der Waals surface area contributed by atoms with E-state index in [0.717, 1.165) is 26.2 Å². The lowest BCUT2D eigenvalue weighted by atomic mass is 10.4. The fourth-order valence-electron chi connectivity index (χ4n) is 1.23. The Hall–Kier alpha value is -0.160. The van der Waals surface area contributed by atoms with Gasteiger partial charge in [0.15, 0.2) is 6.79 Å². The van der Waals surface area contributed by atoms with Gasteiger partial charge in [-0.05, 0) is 0 Å². The lowest BCUT2D eigenvalue weighted by Gasteiger charge is -2.38. The van der Waals surface area contributed by atoms with Crippen LogP contribution >= 0.6 is 0 Å². The number of hydrogen-bond acceptors (Lipinski definition) is 4. The van der Waals surface area contributed by atoms with Gasteiger partial charge in [-0.25, -0.2) is 0 Å². The molecule has 4 nitrogen and oxygen atoms in total. The molecule has 0 atom stereocenters. The molecule has 2 aliphatic heterocycles. The quantitative estimate of drug-likeness (QED) is 0.521. The first kappa shape index (κ1) is 6.54. The summed E-state index contributed by atoms with van der Waals surface area (Å²) in [5, 5.41) is 3.26. The lowest BCUT2D eigenvalue weighted by Crippen LogP contribution is -2.54. The first-order valence-electron chi connectivity index (χ1n) is 3.65. The monoisotopic (exact) mass is 144 g/mol. The molecule has 2 fully saturated rings. The van der Waals surface area contributed by atoms with Crippen LogP contribution < -0.4 is 5.32 Å². The van der Waals surface area contributed by atoms with Crippen LogP contribution in [0.5, 0.6) is 0 Å². The average Bonchev–Trinajstić information content (AvgIpc) is 1.86. The normalized spacial score (nSPS) is 30.0. The van der Waals surface area contributed by atoms with E-state index in [2.05, 4.69) is 10.2 Å². The number of nitrogens with zero attached hydrogens (tertiary/aromatic N) is 1. The molecule has 0 spiro atoms. The summed E-state index contributed by atoms with van der Waals surface area (Å²) < 4.78 is 10.3. The molecule has 2 rings (SSSR count). The fourth-order valence-corrected chi connectivity index (χ4v) is 1.23. The maximum atomic E-state index is 5.15. The van der Waals surface area contributed by atoms with E-state index in [1.807, 2.05) is 0 Å². The van der Waals surface area contributed by atoms with Crippen LogP contribution in [-0.4, -0.2) is 44.3 Å². The third-order valence-corrected chi connectivity index (χ3v) is 1.87. The summed E-state index contributed by atoms with van der Waals surface area (Å²) in [5.74, 6) is 0. The largest absolute Gasteiger partial charge is 0.314 e. The minimum absolute atomic E-state index is 0.0397. The van der Waals surface area contributed by atoms with E-state index in [0.29, 0.717) is 6.79 Å². The molecule has 0 unspecified atom stereocenters. The molecule has 10 heavy (non-hydrogen) atoms. The highest BCUT2D eigenvalue weighted by molar-refractivity contribution is 4.67. The van der Waals surface area contributed by atoms with Crippen LogP contribution in [0, 0.1) is 0 Å². The Labute approximate surface area is 60.1 Å². The predicted molar refractivity (Wildman–Crippen MR) is 35.3 cm³/mol. The molecule has 0 radical (unpaired) electrons. The molecule has 2 saturated heterocycles. The molecule has 2 aliphatic rings. The van der Waals surface area contributed by atoms with Gasteiger partial charge < -0.3 is 14.8 Å². The second-order valence-electron chi connectivity index (χ2n) is 2.54. The molecule has 0 amide bonds. The molecule has 0 aliphatic carbocycles. The third-order valence-electron chi connectivity index (χ3n) is 1.87. The van der Waals surface area contributed by atoms with Crippen molar-refractivity contribution < 1.29 is 9.47 Å². The Morgan fingerprint density at radius 2 is 1.90 bits per heavy atom. The Morgan fingerprint density at radius 3 is 2.40 bits per heavy atom. The minimum atomic E-state index is -0.0397. The second-order valence-corrected chi connectivity index (χ2v) is 2.54. The smallest absolute Gasteiger partial charge is 0.223 e. The highest BCUT2D eigenvalue weighted by Crippen LogP contribution is 2.12. The summed E-state index contributed by atoms with van der Waals surface area (Å²) in [7, 11) is 0. The van der Waals surface area contributed by atoms with Gasteiger partial charge in [0, 0.05) is 26.2 Å². The Morgan fingerprint density at radius 1 is 1.20 bits per heavy atom. The first-order valence-corrected chi connectivity index (χ1v) is 3.65. The van der Waals surface area contributed by atoms with Crippen molar-refractivity contribution in [1.29, 1.82) is 0 Å². The molecule has 0 aromatic rings. The van der Waals surface area contributed by atoms with Crippen molar-refractivity contribution in [2.45, 2.75) is 6.41 Å². The van der Waals surface area contributed by atoms with E-state index >= 15 is 0 Å². The van der Waals surface area contributed by atoms with Crippen LogP contribution in [0.1, 0.15) is 0 Å². The molecular formula is C6H12N2O2. The Kier molecular flexibility index (Phi) is 1.86. The van der Waals surface area contributed by atoms with Crippen LogP contribution in [0.3, 0.4) is 0 Å². The van der Waals surface area contributed by atoms with Crippen molar-refractivity contribution in [2.24, 2.45) is 0 Å². The van der Waals surface area contributed by atoms with Crippen LogP contribution in [0.4, 0.5) is 0 Å². The molecule has 0 aromatic carbocycles. The molecular weight excluding hydrogens is 132 g/mol. The topological polar surface area (TPSA) is 33.7 Å². The van der Waals surface area contributed by atoms with E-state index in [9.17, 15) is 0 Å². The number of piperazine rings is 1. The van der Waals surface area contributed by atoms with Crippen LogP contribution in [0.25, 0.3) is 0 Å². The van der Waals surface area contributed by atoms with Crippen LogP contribution in [0.2, 0.25) is 0 Å². The highest BCUT2D eigenvalue weighted by atomic mass is 16.9. The van der Waals surface area contributed by atoms with Crippen molar-refractivity contribution in [3.63, 3.8) is 0 Å². The second kappa shape index (κ2) is 2.84. The molecule has 1 N–H and O–H groups in total. The van der Waals surface area contributed by atoms with Gasteiger partial charge in [-0.2, -0.15) is 0 Å². The van der Waals surface area contributed by atoms with Gasteiger partial charge in [-0.1, -0.05) is 0 Å². The van der Waals surface area contributed by atoms with E-state index < -0.39 is 0 Å². The number of ether oxygens (including phenoxy) is 2. The van der Waals surface area contributed by atoms with Crippen molar-refractivity contribution >= 4 is 0 Å². The maximum Gasteiger partial charge on any atom is 0.223 e. The first-order chi connectivity index (χ1) is 4.97.